The highest BCUT2D eigenvalue weighted by molar-refractivity contribution is 9.10. The molecular weight excluding hydrogens is 365 g/mol. The van der Waals surface area contributed by atoms with Crippen LogP contribution in [0.4, 0.5) is 23.7 Å². The molecule has 1 aliphatic rings. The topological polar surface area (TPSA) is 50.2 Å². The third-order valence-corrected chi connectivity index (χ3v) is 4.03. The number of benzene rings is 1. The Morgan fingerprint density at radius 3 is 2.59 bits per heavy atom. The molecule has 2 amide bonds. The van der Waals surface area contributed by atoms with Gasteiger partial charge in [-0.2, -0.15) is 0 Å². The SMILES string of the molecule is O=C(Nc1cc(F)c(F)c(F)c1)N1CCn2cnc(Br)c2C1. The van der Waals surface area contributed by atoms with Crippen LogP contribution in [0.25, 0.3) is 0 Å². The van der Waals surface area contributed by atoms with Gasteiger partial charge in [0.05, 0.1) is 18.6 Å². The third kappa shape index (κ3) is 2.68. The summed E-state index contributed by atoms with van der Waals surface area (Å²) in [6.45, 7) is 1.29. The summed E-state index contributed by atoms with van der Waals surface area (Å²) in [5.74, 6) is -4.27. The van der Waals surface area contributed by atoms with Crippen molar-refractivity contribution in [2.45, 2.75) is 13.1 Å². The minimum atomic E-state index is -1.57. The Balaban J connectivity index is 1.75. The number of anilines is 1. The molecule has 0 saturated heterocycles. The van der Waals surface area contributed by atoms with Gasteiger partial charge in [-0.15, -0.1) is 0 Å². The minimum Gasteiger partial charge on any atom is -0.330 e. The minimum absolute atomic E-state index is 0.139. The molecule has 3 rings (SSSR count). The molecule has 1 N–H and O–H groups in total. The lowest BCUT2D eigenvalue weighted by Gasteiger charge is -2.28. The summed E-state index contributed by atoms with van der Waals surface area (Å²) in [5, 5.41) is 2.36. The number of amides is 2. The van der Waals surface area contributed by atoms with Crippen LogP contribution in [-0.2, 0) is 13.1 Å². The molecule has 0 aliphatic carbocycles. The van der Waals surface area contributed by atoms with E-state index in [1.165, 1.54) is 4.90 Å². The van der Waals surface area contributed by atoms with Gasteiger partial charge in [0.15, 0.2) is 17.5 Å². The number of nitrogens with zero attached hydrogens (tertiary/aromatic N) is 3. The second kappa shape index (κ2) is 5.64. The van der Waals surface area contributed by atoms with Gasteiger partial charge in [0, 0.05) is 30.9 Å². The Morgan fingerprint density at radius 2 is 1.91 bits per heavy atom. The number of carbonyl (C=O) groups excluding carboxylic acids is 1. The summed E-state index contributed by atoms with van der Waals surface area (Å²) >= 11 is 3.29. The van der Waals surface area contributed by atoms with Gasteiger partial charge in [-0.3, -0.25) is 0 Å². The smallest absolute Gasteiger partial charge is 0.322 e. The largest absolute Gasteiger partial charge is 0.330 e. The number of urea groups is 1. The summed E-state index contributed by atoms with van der Waals surface area (Å²) in [6.07, 6.45) is 1.67. The zero-order chi connectivity index (χ0) is 15.9. The maximum absolute atomic E-state index is 13.1. The van der Waals surface area contributed by atoms with Gasteiger partial charge >= 0.3 is 6.03 Å². The summed E-state index contributed by atoms with van der Waals surface area (Å²) in [7, 11) is 0. The second-order valence-corrected chi connectivity index (χ2v) is 5.53. The molecule has 1 aromatic heterocycles. The lowest BCUT2D eigenvalue weighted by Crippen LogP contribution is -2.40. The van der Waals surface area contributed by atoms with Crippen molar-refractivity contribution in [1.29, 1.82) is 0 Å². The summed E-state index contributed by atoms with van der Waals surface area (Å²) in [4.78, 5) is 17.7. The molecule has 0 saturated carbocycles. The van der Waals surface area contributed by atoms with Crippen LogP contribution < -0.4 is 5.32 Å². The summed E-state index contributed by atoms with van der Waals surface area (Å²) in [6, 6.07) is 0.950. The van der Waals surface area contributed by atoms with Crippen LogP contribution in [0.1, 0.15) is 5.69 Å². The molecule has 0 spiro atoms. The van der Waals surface area contributed by atoms with Gasteiger partial charge in [-0.1, -0.05) is 0 Å². The van der Waals surface area contributed by atoms with E-state index >= 15 is 0 Å². The van der Waals surface area contributed by atoms with Crippen molar-refractivity contribution >= 4 is 27.6 Å². The number of hydrogen-bond acceptors (Lipinski definition) is 2. The van der Waals surface area contributed by atoms with Crippen LogP contribution in [0, 0.1) is 17.5 Å². The highest BCUT2D eigenvalue weighted by Crippen LogP contribution is 2.22. The molecule has 1 aliphatic heterocycles. The Labute approximate surface area is 131 Å². The fraction of sp³-hybridized carbons (Fsp3) is 0.231. The second-order valence-electron chi connectivity index (χ2n) is 4.78. The Morgan fingerprint density at radius 1 is 1.23 bits per heavy atom. The maximum atomic E-state index is 13.1. The lowest BCUT2D eigenvalue weighted by molar-refractivity contribution is 0.197. The van der Waals surface area contributed by atoms with Crippen LogP contribution in [0.3, 0.4) is 0 Å². The van der Waals surface area contributed by atoms with Gasteiger partial charge in [0.25, 0.3) is 0 Å². The highest BCUT2D eigenvalue weighted by Gasteiger charge is 2.23. The van der Waals surface area contributed by atoms with Gasteiger partial charge < -0.3 is 14.8 Å². The Hall–Kier alpha value is -2.03. The van der Waals surface area contributed by atoms with Crippen LogP contribution >= 0.6 is 15.9 Å². The molecule has 22 heavy (non-hydrogen) atoms. The molecule has 116 valence electrons. The van der Waals surface area contributed by atoms with Crippen LogP contribution in [0.15, 0.2) is 23.1 Å². The van der Waals surface area contributed by atoms with Crippen molar-refractivity contribution in [3.63, 3.8) is 0 Å². The van der Waals surface area contributed by atoms with Crippen molar-refractivity contribution in [3.8, 4) is 0 Å². The fourth-order valence-electron chi connectivity index (χ4n) is 2.22. The predicted octanol–water partition coefficient (Wildman–Crippen LogP) is 3.11. The van der Waals surface area contributed by atoms with Crippen molar-refractivity contribution < 1.29 is 18.0 Å². The number of hydrogen-bond donors (Lipinski definition) is 1. The van der Waals surface area contributed by atoms with Crippen molar-refractivity contribution in [2.24, 2.45) is 0 Å². The van der Waals surface area contributed by atoms with E-state index in [1.54, 1.807) is 6.33 Å². The quantitative estimate of drug-likeness (QED) is 0.779. The molecule has 9 heteroatoms. The van der Waals surface area contributed by atoms with E-state index in [1.807, 2.05) is 4.57 Å². The number of aromatic nitrogens is 2. The summed E-state index contributed by atoms with van der Waals surface area (Å²) < 4.78 is 41.7. The summed E-state index contributed by atoms with van der Waals surface area (Å²) in [5.41, 5.74) is 0.692. The number of halogens is 4. The molecule has 0 atom stereocenters. The predicted molar refractivity (Wildman–Crippen MR) is 75.7 cm³/mol. The first-order chi connectivity index (χ1) is 10.5. The normalized spacial score (nSPS) is 13.9. The zero-order valence-corrected chi connectivity index (χ0v) is 12.7. The maximum Gasteiger partial charge on any atom is 0.322 e. The molecule has 0 fully saturated rings. The fourth-order valence-corrected chi connectivity index (χ4v) is 2.67. The number of fused-ring (bicyclic) bond motifs is 1. The van der Waals surface area contributed by atoms with E-state index in [2.05, 4.69) is 26.2 Å². The monoisotopic (exact) mass is 374 g/mol. The van der Waals surface area contributed by atoms with Crippen LogP contribution in [0.2, 0.25) is 0 Å². The van der Waals surface area contributed by atoms with Crippen molar-refractivity contribution in [2.75, 3.05) is 11.9 Å². The number of rotatable bonds is 1. The number of imidazole rings is 1. The van der Waals surface area contributed by atoms with Crippen LogP contribution in [-0.4, -0.2) is 27.0 Å². The average molecular weight is 375 g/mol. The van der Waals surface area contributed by atoms with E-state index in [4.69, 9.17) is 0 Å². The van der Waals surface area contributed by atoms with Gasteiger partial charge in [-0.25, -0.2) is 22.9 Å². The van der Waals surface area contributed by atoms with E-state index in [0.29, 0.717) is 24.2 Å². The molecular formula is C13H10BrF3N4O. The van der Waals surface area contributed by atoms with Crippen molar-refractivity contribution in [3.05, 3.63) is 46.2 Å². The van der Waals surface area contributed by atoms with Crippen molar-refractivity contribution in [1.82, 2.24) is 14.5 Å². The number of nitrogens with one attached hydrogen (secondary N) is 1. The van der Waals surface area contributed by atoms with E-state index in [-0.39, 0.29) is 5.69 Å². The third-order valence-electron chi connectivity index (χ3n) is 3.37. The van der Waals surface area contributed by atoms with Gasteiger partial charge in [0.1, 0.15) is 4.60 Å². The Kier molecular flexibility index (Phi) is 3.81. The number of carbonyl (C=O) groups is 1. The lowest BCUT2D eigenvalue weighted by atomic mass is 10.3. The first-order valence-electron chi connectivity index (χ1n) is 6.35. The molecule has 2 heterocycles. The molecule has 0 bridgehead atoms. The van der Waals surface area contributed by atoms with E-state index in [9.17, 15) is 18.0 Å². The highest BCUT2D eigenvalue weighted by atomic mass is 79.9. The first kappa shape index (κ1) is 14.9. The van der Waals surface area contributed by atoms with Gasteiger partial charge in [-0.05, 0) is 15.9 Å². The zero-order valence-electron chi connectivity index (χ0n) is 11.1. The molecule has 0 radical (unpaired) electrons. The standard InChI is InChI=1S/C13H10BrF3N4O/c14-12-10-5-20(1-2-21(10)6-18-12)13(22)19-7-3-8(15)11(17)9(16)4-7/h3-4,6H,1-2,5H2,(H,19,22). The molecule has 5 nitrogen and oxygen atoms in total. The van der Waals surface area contributed by atoms with E-state index in [0.717, 1.165) is 17.8 Å². The Bertz CT molecular complexity index is 726. The van der Waals surface area contributed by atoms with E-state index < -0.39 is 23.5 Å². The first-order valence-corrected chi connectivity index (χ1v) is 7.15. The van der Waals surface area contributed by atoms with Crippen LogP contribution in [0.5, 0.6) is 0 Å². The molecule has 1 aromatic carbocycles. The molecule has 0 unspecified atom stereocenters. The molecule has 2 aromatic rings. The average Bonchev–Trinajstić information content (AvgIpc) is 2.85. The van der Waals surface area contributed by atoms with Gasteiger partial charge in [0.2, 0.25) is 0 Å².